The lowest BCUT2D eigenvalue weighted by Gasteiger charge is -2.27. The molecule has 2 nitrogen and oxygen atoms in total. The fourth-order valence-electron chi connectivity index (χ4n) is 2.55. The Morgan fingerprint density at radius 1 is 1.50 bits per heavy atom. The summed E-state index contributed by atoms with van der Waals surface area (Å²) < 4.78 is 14.0. The summed E-state index contributed by atoms with van der Waals surface area (Å²) in [5.41, 5.74) is 1.02. The van der Waals surface area contributed by atoms with Crippen LogP contribution >= 0.6 is 15.9 Å². The van der Waals surface area contributed by atoms with Crippen molar-refractivity contribution in [2.45, 2.75) is 19.4 Å². The molecular formula is C14H20BrFN2. The van der Waals surface area contributed by atoms with E-state index in [9.17, 15) is 4.39 Å². The molecule has 2 rings (SSSR count). The first-order valence-electron chi connectivity index (χ1n) is 6.49. The molecular weight excluding hydrogens is 295 g/mol. The summed E-state index contributed by atoms with van der Waals surface area (Å²) in [6, 6.07) is 5.23. The molecule has 1 heterocycles. The molecule has 0 aliphatic carbocycles. The predicted octanol–water partition coefficient (Wildman–Crippen LogP) is 3.02. The first-order chi connectivity index (χ1) is 8.66. The third-order valence-corrected chi connectivity index (χ3v) is 4.33. The lowest BCUT2D eigenvalue weighted by molar-refractivity contribution is 0.237. The minimum Gasteiger partial charge on any atom is -0.316 e. The molecule has 1 saturated heterocycles. The summed E-state index contributed by atoms with van der Waals surface area (Å²) in [5, 5.41) is 3.43. The Labute approximate surface area is 117 Å². The van der Waals surface area contributed by atoms with Gasteiger partial charge in [-0.15, -0.1) is 0 Å². The largest absolute Gasteiger partial charge is 0.316 e. The van der Waals surface area contributed by atoms with Crippen LogP contribution in [-0.2, 0) is 6.54 Å². The van der Waals surface area contributed by atoms with E-state index >= 15 is 0 Å². The van der Waals surface area contributed by atoms with Gasteiger partial charge in [-0.2, -0.15) is 0 Å². The Morgan fingerprint density at radius 2 is 2.33 bits per heavy atom. The zero-order chi connectivity index (χ0) is 13.0. The molecule has 4 heteroatoms. The van der Waals surface area contributed by atoms with Crippen LogP contribution in [0.15, 0.2) is 22.7 Å². The molecule has 1 aromatic rings. The third kappa shape index (κ3) is 3.77. The van der Waals surface area contributed by atoms with Crippen LogP contribution in [0.5, 0.6) is 0 Å². The quantitative estimate of drug-likeness (QED) is 0.919. The van der Waals surface area contributed by atoms with Crippen molar-refractivity contribution in [3.05, 3.63) is 34.1 Å². The first-order valence-corrected chi connectivity index (χ1v) is 7.28. The van der Waals surface area contributed by atoms with Crippen molar-refractivity contribution in [1.29, 1.82) is 0 Å². The summed E-state index contributed by atoms with van der Waals surface area (Å²) in [6.45, 7) is 4.11. The maximum absolute atomic E-state index is 13.4. The molecule has 1 aromatic carbocycles. The van der Waals surface area contributed by atoms with E-state index in [1.165, 1.54) is 18.9 Å². The van der Waals surface area contributed by atoms with Gasteiger partial charge in [0.2, 0.25) is 0 Å². The van der Waals surface area contributed by atoms with E-state index in [0.29, 0.717) is 4.47 Å². The van der Waals surface area contributed by atoms with Gasteiger partial charge in [-0.3, -0.25) is 0 Å². The molecule has 0 aromatic heterocycles. The van der Waals surface area contributed by atoms with Gasteiger partial charge in [-0.25, -0.2) is 4.39 Å². The van der Waals surface area contributed by atoms with Crippen molar-refractivity contribution in [3.63, 3.8) is 0 Å². The third-order valence-electron chi connectivity index (χ3n) is 3.44. The highest BCUT2D eigenvalue weighted by molar-refractivity contribution is 9.10. The van der Waals surface area contributed by atoms with Crippen LogP contribution in [0.25, 0.3) is 0 Å². The standard InChI is InChI=1S/C14H20BrFN2/c1-18(9-11-4-3-7-17-8-11)10-12-5-2-6-13(16)14(12)15/h2,5-6,11,17H,3-4,7-10H2,1H3. The molecule has 1 aliphatic heterocycles. The van der Waals surface area contributed by atoms with Crippen LogP contribution in [0.2, 0.25) is 0 Å². The molecule has 0 radical (unpaired) electrons. The highest BCUT2D eigenvalue weighted by Crippen LogP contribution is 2.22. The molecule has 100 valence electrons. The van der Waals surface area contributed by atoms with Gasteiger partial charge in [-0.1, -0.05) is 12.1 Å². The van der Waals surface area contributed by atoms with Crippen LogP contribution in [0, 0.1) is 11.7 Å². The second-order valence-corrected chi connectivity index (χ2v) is 5.92. The Balaban J connectivity index is 1.90. The molecule has 1 unspecified atom stereocenters. The minimum absolute atomic E-state index is 0.180. The maximum Gasteiger partial charge on any atom is 0.137 e. The normalized spacial score (nSPS) is 20.3. The van der Waals surface area contributed by atoms with E-state index < -0.39 is 0 Å². The fourth-order valence-corrected chi connectivity index (χ4v) is 2.94. The molecule has 1 fully saturated rings. The molecule has 0 bridgehead atoms. The molecule has 0 amide bonds. The van der Waals surface area contributed by atoms with Gasteiger partial charge in [0, 0.05) is 13.1 Å². The Morgan fingerprint density at radius 3 is 3.06 bits per heavy atom. The van der Waals surface area contributed by atoms with E-state index in [1.54, 1.807) is 6.07 Å². The molecule has 1 N–H and O–H groups in total. The maximum atomic E-state index is 13.4. The zero-order valence-electron chi connectivity index (χ0n) is 10.8. The molecule has 0 saturated carbocycles. The zero-order valence-corrected chi connectivity index (χ0v) is 12.3. The Hall–Kier alpha value is -0.450. The first kappa shape index (κ1) is 14.0. The second-order valence-electron chi connectivity index (χ2n) is 5.12. The average Bonchev–Trinajstić information content (AvgIpc) is 2.36. The van der Waals surface area contributed by atoms with Gasteiger partial charge in [0.15, 0.2) is 0 Å². The predicted molar refractivity (Wildman–Crippen MR) is 76.0 cm³/mol. The highest BCUT2D eigenvalue weighted by Gasteiger charge is 2.16. The summed E-state index contributed by atoms with van der Waals surface area (Å²) in [6.07, 6.45) is 2.56. The number of hydrogen-bond donors (Lipinski definition) is 1. The van der Waals surface area contributed by atoms with Crippen molar-refractivity contribution in [1.82, 2.24) is 10.2 Å². The van der Waals surface area contributed by atoms with E-state index in [-0.39, 0.29) is 5.82 Å². The number of benzene rings is 1. The van der Waals surface area contributed by atoms with E-state index in [1.807, 2.05) is 6.07 Å². The summed E-state index contributed by atoms with van der Waals surface area (Å²) in [5.74, 6) is 0.538. The van der Waals surface area contributed by atoms with Crippen LogP contribution in [0.4, 0.5) is 4.39 Å². The summed E-state index contributed by atoms with van der Waals surface area (Å²) >= 11 is 3.32. The van der Waals surface area contributed by atoms with Crippen molar-refractivity contribution < 1.29 is 4.39 Å². The van der Waals surface area contributed by atoms with Crippen molar-refractivity contribution >= 4 is 15.9 Å². The monoisotopic (exact) mass is 314 g/mol. The van der Waals surface area contributed by atoms with Gasteiger partial charge in [-0.05, 0) is 66.5 Å². The molecule has 1 aliphatic rings. The van der Waals surface area contributed by atoms with Gasteiger partial charge < -0.3 is 10.2 Å². The van der Waals surface area contributed by atoms with Crippen LogP contribution in [0.1, 0.15) is 18.4 Å². The van der Waals surface area contributed by atoms with Gasteiger partial charge in [0.1, 0.15) is 5.82 Å². The number of halogens is 2. The number of rotatable bonds is 4. The smallest absolute Gasteiger partial charge is 0.137 e. The van der Waals surface area contributed by atoms with Gasteiger partial charge in [0.05, 0.1) is 4.47 Å². The van der Waals surface area contributed by atoms with Crippen LogP contribution in [0.3, 0.4) is 0 Å². The van der Waals surface area contributed by atoms with Crippen molar-refractivity contribution in [2.75, 3.05) is 26.7 Å². The Kier molecular flexibility index (Phi) is 5.15. The van der Waals surface area contributed by atoms with Gasteiger partial charge >= 0.3 is 0 Å². The SMILES string of the molecule is CN(Cc1cccc(F)c1Br)CC1CCCNC1. The fraction of sp³-hybridized carbons (Fsp3) is 0.571. The van der Waals surface area contributed by atoms with E-state index in [2.05, 4.69) is 33.2 Å². The summed E-state index contributed by atoms with van der Waals surface area (Å²) in [7, 11) is 2.10. The van der Waals surface area contributed by atoms with Gasteiger partial charge in [0.25, 0.3) is 0 Å². The summed E-state index contributed by atoms with van der Waals surface area (Å²) in [4.78, 5) is 2.28. The molecule has 18 heavy (non-hydrogen) atoms. The van der Waals surface area contributed by atoms with E-state index in [0.717, 1.165) is 37.7 Å². The number of piperidine rings is 1. The highest BCUT2D eigenvalue weighted by atomic mass is 79.9. The van der Waals surface area contributed by atoms with E-state index in [4.69, 9.17) is 0 Å². The van der Waals surface area contributed by atoms with Crippen molar-refractivity contribution in [3.8, 4) is 0 Å². The number of nitrogens with one attached hydrogen (secondary N) is 1. The molecule has 0 spiro atoms. The lowest BCUT2D eigenvalue weighted by Crippen LogP contribution is -2.36. The number of nitrogens with zero attached hydrogens (tertiary/aromatic N) is 1. The number of hydrogen-bond acceptors (Lipinski definition) is 2. The van der Waals surface area contributed by atoms with Crippen molar-refractivity contribution in [2.24, 2.45) is 5.92 Å². The average molecular weight is 315 g/mol. The lowest BCUT2D eigenvalue weighted by atomic mass is 9.99. The minimum atomic E-state index is -0.180. The topological polar surface area (TPSA) is 15.3 Å². The Bertz CT molecular complexity index is 391. The van der Waals surface area contributed by atoms with Crippen LogP contribution < -0.4 is 5.32 Å². The second kappa shape index (κ2) is 6.64. The molecule has 1 atom stereocenters. The van der Waals surface area contributed by atoms with Crippen LogP contribution in [-0.4, -0.2) is 31.6 Å².